The molecule has 3 rings (SSSR count). The zero-order chi connectivity index (χ0) is 24.0. The fourth-order valence-electron chi connectivity index (χ4n) is 3.72. The van der Waals surface area contributed by atoms with Crippen LogP contribution < -0.4 is 20.3 Å². The Morgan fingerprint density at radius 2 is 2.09 bits per heavy atom. The molecule has 2 unspecified atom stereocenters. The van der Waals surface area contributed by atoms with Crippen molar-refractivity contribution in [1.82, 2.24) is 15.3 Å². The summed E-state index contributed by atoms with van der Waals surface area (Å²) in [6.45, 7) is 2.01. The number of amides is 1. The number of ether oxygens (including phenoxy) is 2. The van der Waals surface area contributed by atoms with Gasteiger partial charge in [-0.15, -0.1) is 0 Å². The molecule has 1 saturated carbocycles. The van der Waals surface area contributed by atoms with E-state index in [-0.39, 0.29) is 24.4 Å². The molecule has 0 aliphatic heterocycles. The zero-order valence-electron chi connectivity index (χ0n) is 18.4. The first-order valence-corrected chi connectivity index (χ1v) is 10.5. The minimum Gasteiger partial charge on any atom is -0.493 e. The number of nitrogens with zero attached hydrogens (tertiary/aromatic N) is 2. The first-order chi connectivity index (χ1) is 15.8. The Morgan fingerprint density at radius 1 is 1.33 bits per heavy atom. The number of carbonyl (C=O) groups is 1. The first-order valence-electron chi connectivity index (χ1n) is 10.5. The number of aromatic nitrogens is 2. The van der Waals surface area contributed by atoms with E-state index in [1.165, 1.54) is 19.6 Å². The Morgan fingerprint density at radius 3 is 2.76 bits per heavy atom. The van der Waals surface area contributed by atoms with Crippen LogP contribution in [0.15, 0.2) is 23.0 Å². The molecule has 176 valence electrons. The van der Waals surface area contributed by atoms with Gasteiger partial charge in [-0.05, 0) is 42.5 Å². The minimum atomic E-state index is -1.06. The van der Waals surface area contributed by atoms with Crippen molar-refractivity contribution in [2.45, 2.75) is 38.6 Å². The largest absolute Gasteiger partial charge is 0.493 e. The molecule has 1 heterocycles. The van der Waals surface area contributed by atoms with Crippen molar-refractivity contribution in [3.63, 3.8) is 0 Å². The van der Waals surface area contributed by atoms with Crippen LogP contribution in [0.5, 0.6) is 17.4 Å². The number of aromatic amines is 1. The third kappa shape index (κ3) is 6.09. The average Bonchev–Trinajstić information content (AvgIpc) is 2.77. The molecule has 1 aromatic carbocycles. The topological polar surface area (TPSA) is 157 Å². The molecule has 1 aliphatic rings. The molecular weight excluding hydrogens is 432 g/mol. The molecule has 33 heavy (non-hydrogen) atoms. The number of carbonyl (C=O) groups excluding carboxylic acids is 1. The van der Waals surface area contributed by atoms with Gasteiger partial charge in [0, 0.05) is 6.04 Å². The average molecular weight is 458 g/mol. The van der Waals surface area contributed by atoms with Crippen molar-refractivity contribution < 1.29 is 24.3 Å². The third-order valence-electron chi connectivity index (χ3n) is 5.52. The number of hydrogen-bond acceptors (Lipinski definition) is 8. The number of aromatic hydroxyl groups is 1. The molecule has 0 saturated heterocycles. The molecule has 1 fully saturated rings. The normalized spacial score (nSPS) is 18.1. The Labute approximate surface area is 189 Å². The van der Waals surface area contributed by atoms with Gasteiger partial charge in [0.25, 0.3) is 11.8 Å². The van der Waals surface area contributed by atoms with E-state index in [0.717, 1.165) is 19.3 Å². The molecule has 2 aromatic rings. The molecule has 1 aliphatic carbocycles. The van der Waals surface area contributed by atoms with Crippen LogP contribution in [-0.4, -0.2) is 45.7 Å². The third-order valence-corrected chi connectivity index (χ3v) is 5.52. The Bertz CT molecular complexity index is 1110. The highest BCUT2D eigenvalue weighted by Crippen LogP contribution is 2.29. The van der Waals surface area contributed by atoms with E-state index in [0.29, 0.717) is 23.0 Å². The van der Waals surface area contributed by atoms with Gasteiger partial charge in [-0.25, -0.2) is 0 Å². The number of H-pyrrole nitrogens is 1. The lowest BCUT2D eigenvalue weighted by Gasteiger charge is -2.29. The lowest BCUT2D eigenvalue weighted by molar-refractivity contribution is -0.387. The lowest BCUT2D eigenvalue weighted by atomic mass is 9.86. The number of hydrogen-bond donors (Lipinski definition) is 3. The number of nitro groups is 1. The van der Waals surface area contributed by atoms with Crippen molar-refractivity contribution in [1.29, 1.82) is 0 Å². The summed E-state index contributed by atoms with van der Waals surface area (Å²) in [7, 11) is 1.47. The van der Waals surface area contributed by atoms with E-state index in [1.807, 2.05) is 0 Å². The molecule has 1 aromatic heterocycles. The van der Waals surface area contributed by atoms with Gasteiger partial charge >= 0.3 is 11.2 Å². The number of nitrogens with one attached hydrogen (secondary N) is 2. The number of methoxy groups -OCH3 is 1. The standard InChI is InChI=1S/C22H26N4O7/c1-13-5-3-4-6-15(13)23-19(27)12-33-16-9-7-14(11-17(16)32-2)8-10-18-24-21(28)20(26(30)31)22(29)25-18/h7-11,13,15H,3-6,12H2,1-2H3,(H,23,27)(H2,24,25,28,29). The Kier molecular flexibility index (Phi) is 7.65. The summed E-state index contributed by atoms with van der Waals surface area (Å²) in [6, 6.07) is 5.15. The van der Waals surface area contributed by atoms with Gasteiger partial charge in [-0.2, -0.15) is 4.98 Å². The van der Waals surface area contributed by atoms with Crippen LogP contribution in [0.2, 0.25) is 0 Å². The van der Waals surface area contributed by atoms with E-state index in [2.05, 4.69) is 22.2 Å². The predicted octanol–water partition coefficient (Wildman–Crippen LogP) is 2.64. The second-order valence-electron chi connectivity index (χ2n) is 7.85. The molecular formula is C22H26N4O7. The van der Waals surface area contributed by atoms with Crippen molar-refractivity contribution in [2.24, 2.45) is 5.92 Å². The molecule has 2 atom stereocenters. The Balaban J connectivity index is 1.65. The summed E-state index contributed by atoms with van der Waals surface area (Å²) < 4.78 is 11.0. The van der Waals surface area contributed by atoms with Crippen LogP contribution in [0.1, 0.15) is 44.0 Å². The number of rotatable bonds is 8. The van der Waals surface area contributed by atoms with Crippen LogP contribution in [0.3, 0.4) is 0 Å². The fraction of sp³-hybridized carbons (Fsp3) is 0.409. The lowest BCUT2D eigenvalue weighted by Crippen LogP contribution is -2.43. The SMILES string of the molecule is COc1cc(C=Cc2nc(O)c([N+](=O)[O-])c(=O)[nH]2)ccc1OCC(=O)NC1CCCCC1C. The van der Waals surface area contributed by atoms with Crippen LogP contribution in [-0.2, 0) is 4.79 Å². The predicted molar refractivity (Wildman–Crippen MR) is 120 cm³/mol. The first kappa shape index (κ1) is 23.8. The summed E-state index contributed by atoms with van der Waals surface area (Å²) in [5, 5.41) is 23.4. The van der Waals surface area contributed by atoms with Crippen molar-refractivity contribution in [3.8, 4) is 17.4 Å². The highest BCUT2D eigenvalue weighted by Gasteiger charge is 2.23. The second-order valence-corrected chi connectivity index (χ2v) is 7.85. The van der Waals surface area contributed by atoms with Crippen LogP contribution in [0.4, 0.5) is 5.69 Å². The minimum absolute atomic E-state index is 0.0593. The van der Waals surface area contributed by atoms with E-state index < -0.39 is 22.0 Å². The zero-order valence-corrected chi connectivity index (χ0v) is 18.4. The molecule has 0 bridgehead atoms. The van der Waals surface area contributed by atoms with Crippen LogP contribution in [0, 0.1) is 16.0 Å². The molecule has 11 nitrogen and oxygen atoms in total. The van der Waals surface area contributed by atoms with Gasteiger partial charge in [-0.1, -0.05) is 31.9 Å². The monoisotopic (exact) mass is 458 g/mol. The maximum absolute atomic E-state index is 12.3. The Hall–Kier alpha value is -3.89. The van der Waals surface area contributed by atoms with Gasteiger partial charge < -0.3 is 24.9 Å². The molecule has 0 spiro atoms. The van der Waals surface area contributed by atoms with Gasteiger partial charge in [0.1, 0.15) is 5.82 Å². The van der Waals surface area contributed by atoms with E-state index in [9.17, 15) is 24.8 Å². The molecule has 0 radical (unpaired) electrons. The quantitative estimate of drug-likeness (QED) is 0.402. The van der Waals surface area contributed by atoms with Gasteiger partial charge in [0.05, 0.1) is 12.0 Å². The summed E-state index contributed by atoms with van der Waals surface area (Å²) in [6.07, 6.45) is 7.33. The smallest absolute Gasteiger partial charge is 0.395 e. The van der Waals surface area contributed by atoms with Crippen LogP contribution in [0.25, 0.3) is 12.2 Å². The summed E-state index contributed by atoms with van der Waals surface area (Å²) >= 11 is 0. The highest BCUT2D eigenvalue weighted by atomic mass is 16.6. The summed E-state index contributed by atoms with van der Waals surface area (Å²) in [5.74, 6) is 0.0183. The fourth-order valence-corrected chi connectivity index (χ4v) is 3.72. The van der Waals surface area contributed by atoms with E-state index in [4.69, 9.17) is 9.47 Å². The molecule has 11 heteroatoms. The molecule has 1 amide bonds. The second kappa shape index (κ2) is 10.6. The van der Waals surface area contributed by atoms with Gasteiger partial charge in [0.15, 0.2) is 18.1 Å². The van der Waals surface area contributed by atoms with E-state index >= 15 is 0 Å². The molecule has 3 N–H and O–H groups in total. The highest BCUT2D eigenvalue weighted by molar-refractivity contribution is 5.78. The van der Waals surface area contributed by atoms with Crippen LogP contribution >= 0.6 is 0 Å². The summed E-state index contributed by atoms with van der Waals surface area (Å²) in [5.41, 5.74) is -1.44. The van der Waals surface area contributed by atoms with Crippen molar-refractivity contribution in [2.75, 3.05) is 13.7 Å². The summed E-state index contributed by atoms with van der Waals surface area (Å²) in [4.78, 5) is 39.6. The maximum atomic E-state index is 12.3. The van der Waals surface area contributed by atoms with E-state index in [1.54, 1.807) is 24.3 Å². The van der Waals surface area contributed by atoms with Crippen molar-refractivity contribution >= 4 is 23.7 Å². The van der Waals surface area contributed by atoms with Crippen molar-refractivity contribution in [3.05, 3.63) is 50.1 Å². The van der Waals surface area contributed by atoms with Gasteiger partial charge in [0.2, 0.25) is 0 Å². The van der Waals surface area contributed by atoms with Gasteiger partial charge in [-0.3, -0.25) is 19.7 Å². The maximum Gasteiger partial charge on any atom is 0.395 e. The number of benzene rings is 1.